The second-order valence-corrected chi connectivity index (χ2v) is 8.45. The van der Waals surface area contributed by atoms with Crippen LogP contribution in [0.25, 0.3) is 0 Å². The summed E-state index contributed by atoms with van der Waals surface area (Å²) in [6.45, 7) is 6.42. The van der Waals surface area contributed by atoms with E-state index in [9.17, 15) is 4.79 Å². The molecule has 0 aliphatic heterocycles. The predicted molar refractivity (Wildman–Crippen MR) is 99.6 cm³/mol. The van der Waals surface area contributed by atoms with Gasteiger partial charge in [-0.2, -0.15) is 0 Å². The third-order valence-electron chi connectivity index (χ3n) is 4.12. The summed E-state index contributed by atoms with van der Waals surface area (Å²) in [7, 11) is 0. The number of amides is 1. The number of carbonyl (C=O) groups is 1. The summed E-state index contributed by atoms with van der Waals surface area (Å²) < 4.78 is 3.38. The molecule has 2 rings (SSSR count). The summed E-state index contributed by atoms with van der Waals surface area (Å²) in [4.78, 5) is 13.2. The van der Waals surface area contributed by atoms with E-state index >= 15 is 0 Å². The van der Waals surface area contributed by atoms with Crippen molar-refractivity contribution in [1.29, 1.82) is 0 Å². The highest BCUT2D eigenvalue weighted by atomic mass is 32.2. The van der Waals surface area contributed by atoms with Gasteiger partial charge >= 0.3 is 0 Å². The molecule has 0 aromatic heterocycles. The average molecular weight is 335 g/mol. The Morgan fingerprint density at radius 3 is 2.39 bits per heavy atom. The fraction of sp³-hybridized carbons (Fsp3) is 0.632. The maximum absolute atomic E-state index is 12.1. The topological polar surface area (TPSA) is 41.1 Å². The molecule has 0 spiro atoms. The van der Waals surface area contributed by atoms with Gasteiger partial charge in [0.15, 0.2) is 0 Å². The lowest BCUT2D eigenvalue weighted by atomic mass is 9.86. The summed E-state index contributed by atoms with van der Waals surface area (Å²) in [5, 5.41) is 3.01. The molecule has 23 heavy (non-hydrogen) atoms. The predicted octanol–water partition coefficient (Wildman–Crippen LogP) is 5.38. The van der Waals surface area contributed by atoms with Crippen LogP contribution in [0.1, 0.15) is 65.7 Å². The molecule has 1 fully saturated rings. The van der Waals surface area contributed by atoms with Crippen LogP contribution >= 0.6 is 11.9 Å². The summed E-state index contributed by atoms with van der Waals surface area (Å²) in [6, 6.07) is 8.04. The minimum atomic E-state index is 0.0800. The number of benzene rings is 1. The third kappa shape index (κ3) is 7.40. The molecule has 0 unspecified atom stereocenters. The first-order chi connectivity index (χ1) is 10.9. The molecule has 1 aromatic carbocycles. The van der Waals surface area contributed by atoms with Gasteiger partial charge in [0.1, 0.15) is 0 Å². The van der Waals surface area contributed by atoms with E-state index in [4.69, 9.17) is 0 Å². The summed E-state index contributed by atoms with van der Waals surface area (Å²) >= 11 is 1.62. The first-order valence-corrected chi connectivity index (χ1v) is 9.58. The molecule has 0 radical (unpaired) electrons. The highest BCUT2D eigenvalue weighted by Gasteiger charge is 2.15. The van der Waals surface area contributed by atoms with Crippen molar-refractivity contribution in [2.45, 2.75) is 76.2 Å². The van der Waals surface area contributed by atoms with Gasteiger partial charge in [0, 0.05) is 22.5 Å². The normalized spacial score (nSPS) is 16.3. The number of rotatable bonds is 6. The molecule has 128 valence electrons. The van der Waals surface area contributed by atoms with Crippen molar-refractivity contribution in [3.8, 4) is 0 Å². The van der Waals surface area contributed by atoms with Crippen molar-refractivity contribution >= 4 is 23.5 Å². The zero-order chi connectivity index (χ0) is 16.7. The molecule has 3 nitrogen and oxygen atoms in total. The van der Waals surface area contributed by atoms with Gasteiger partial charge in [-0.25, -0.2) is 0 Å². The number of hydrogen-bond donors (Lipinski definition) is 2. The van der Waals surface area contributed by atoms with Crippen molar-refractivity contribution in [3.05, 3.63) is 24.3 Å². The van der Waals surface area contributed by atoms with Crippen LogP contribution in [0.5, 0.6) is 0 Å². The molecule has 0 atom stereocenters. The number of hydrogen-bond acceptors (Lipinski definition) is 3. The molecule has 2 N–H and O–H groups in total. The van der Waals surface area contributed by atoms with E-state index in [1.54, 1.807) is 11.9 Å². The van der Waals surface area contributed by atoms with E-state index in [2.05, 4.69) is 30.8 Å². The van der Waals surface area contributed by atoms with Crippen LogP contribution in [0, 0.1) is 5.92 Å². The van der Waals surface area contributed by atoms with Crippen molar-refractivity contribution in [3.63, 3.8) is 0 Å². The Labute approximate surface area is 145 Å². The second-order valence-electron chi connectivity index (χ2n) is 7.57. The van der Waals surface area contributed by atoms with Gasteiger partial charge < -0.3 is 5.32 Å². The molecule has 0 heterocycles. The SMILES string of the molecule is CC(C)(C)NSc1ccc(NC(=O)CCC2CCCCC2)cc1. The Morgan fingerprint density at radius 1 is 1.13 bits per heavy atom. The van der Waals surface area contributed by atoms with Gasteiger partial charge in [-0.15, -0.1) is 0 Å². The maximum atomic E-state index is 12.1. The highest BCUT2D eigenvalue weighted by Crippen LogP contribution is 2.27. The van der Waals surface area contributed by atoms with E-state index in [0.29, 0.717) is 6.42 Å². The molecule has 1 amide bonds. The van der Waals surface area contributed by atoms with Crippen molar-refractivity contribution in [2.24, 2.45) is 5.92 Å². The number of nitrogens with one attached hydrogen (secondary N) is 2. The molecule has 0 saturated heterocycles. The fourth-order valence-electron chi connectivity index (χ4n) is 2.85. The van der Waals surface area contributed by atoms with Gasteiger partial charge in [-0.05, 0) is 69.3 Å². The monoisotopic (exact) mass is 334 g/mol. The van der Waals surface area contributed by atoms with Crippen LogP contribution in [0.2, 0.25) is 0 Å². The Balaban J connectivity index is 1.73. The molecule has 1 saturated carbocycles. The van der Waals surface area contributed by atoms with Crippen LogP contribution in [0.4, 0.5) is 5.69 Å². The Kier molecular flexibility index (Phi) is 6.97. The van der Waals surface area contributed by atoms with Crippen molar-refractivity contribution < 1.29 is 4.79 Å². The van der Waals surface area contributed by atoms with Crippen LogP contribution in [-0.4, -0.2) is 11.4 Å². The standard InChI is InChI=1S/C19H30N2OS/c1-19(2,3)21-23-17-12-10-16(11-13-17)20-18(22)14-9-15-7-5-4-6-8-15/h10-13,15,21H,4-9,14H2,1-3H3,(H,20,22). The number of carbonyl (C=O) groups excluding carboxylic acids is 1. The minimum Gasteiger partial charge on any atom is -0.326 e. The Hall–Kier alpha value is -1.00. The summed E-state index contributed by atoms with van der Waals surface area (Å²) in [6.07, 6.45) is 8.35. The van der Waals surface area contributed by atoms with E-state index in [1.807, 2.05) is 24.3 Å². The van der Waals surface area contributed by atoms with Gasteiger partial charge in [0.05, 0.1) is 0 Å². The van der Waals surface area contributed by atoms with Gasteiger partial charge in [0.2, 0.25) is 5.91 Å². The molecule has 1 aromatic rings. The lowest BCUT2D eigenvalue weighted by molar-refractivity contribution is -0.116. The summed E-state index contributed by atoms with van der Waals surface area (Å²) in [5.74, 6) is 0.903. The molecule has 1 aliphatic carbocycles. The molecule has 1 aliphatic rings. The zero-order valence-electron chi connectivity index (χ0n) is 14.7. The molecule has 4 heteroatoms. The maximum Gasteiger partial charge on any atom is 0.224 e. The largest absolute Gasteiger partial charge is 0.326 e. The van der Waals surface area contributed by atoms with Crippen LogP contribution in [-0.2, 0) is 4.79 Å². The summed E-state index contributed by atoms with van der Waals surface area (Å²) in [5.41, 5.74) is 0.968. The first-order valence-electron chi connectivity index (χ1n) is 8.76. The zero-order valence-corrected chi connectivity index (χ0v) is 15.5. The molecule has 0 bridgehead atoms. The van der Waals surface area contributed by atoms with Crippen LogP contribution in [0.15, 0.2) is 29.2 Å². The minimum absolute atomic E-state index is 0.0800. The fourth-order valence-corrected chi connectivity index (χ4v) is 3.55. The van der Waals surface area contributed by atoms with Gasteiger partial charge in [-0.1, -0.05) is 32.1 Å². The van der Waals surface area contributed by atoms with E-state index in [0.717, 1.165) is 22.9 Å². The second kappa shape index (κ2) is 8.74. The van der Waals surface area contributed by atoms with Crippen molar-refractivity contribution in [1.82, 2.24) is 4.72 Å². The van der Waals surface area contributed by atoms with E-state index in [-0.39, 0.29) is 11.4 Å². The highest BCUT2D eigenvalue weighted by molar-refractivity contribution is 7.97. The quantitative estimate of drug-likeness (QED) is 0.686. The van der Waals surface area contributed by atoms with E-state index in [1.165, 1.54) is 32.1 Å². The Bertz CT molecular complexity index is 487. The van der Waals surface area contributed by atoms with Gasteiger partial charge in [-0.3, -0.25) is 9.52 Å². The van der Waals surface area contributed by atoms with Crippen molar-refractivity contribution in [2.75, 3.05) is 5.32 Å². The Morgan fingerprint density at radius 2 is 1.78 bits per heavy atom. The van der Waals surface area contributed by atoms with Crippen LogP contribution < -0.4 is 10.0 Å². The number of anilines is 1. The smallest absolute Gasteiger partial charge is 0.224 e. The van der Waals surface area contributed by atoms with Gasteiger partial charge in [0.25, 0.3) is 0 Å². The average Bonchev–Trinajstić information content (AvgIpc) is 2.53. The lowest BCUT2D eigenvalue weighted by Crippen LogP contribution is -2.29. The lowest BCUT2D eigenvalue weighted by Gasteiger charge is -2.21. The van der Waals surface area contributed by atoms with Crippen LogP contribution in [0.3, 0.4) is 0 Å². The molecular weight excluding hydrogens is 304 g/mol. The molecular formula is C19H30N2OS. The first kappa shape index (κ1) is 18.3. The van der Waals surface area contributed by atoms with E-state index < -0.39 is 0 Å². The third-order valence-corrected chi connectivity index (χ3v) is 5.34.